The fourth-order valence-electron chi connectivity index (χ4n) is 2.89. The van der Waals surface area contributed by atoms with Gasteiger partial charge in [0.1, 0.15) is 0 Å². The highest BCUT2D eigenvalue weighted by Gasteiger charge is 2.27. The summed E-state index contributed by atoms with van der Waals surface area (Å²) in [6.45, 7) is 0.0603. The van der Waals surface area contributed by atoms with Crippen LogP contribution in [0, 0.1) is 5.92 Å². The van der Waals surface area contributed by atoms with E-state index in [9.17, 15) is 8.42 Å². The summed E-state index contributed by atoms with van der Waals surface area (Å²) in [5.74, 6) is 0.0544. The molecule has 5 heteroatoms. The predicted octanol–water partition coefficient (Wildman–Crippen LogP) is 1.83. The van der Waals surface area contributed by atoms with Gasteiger partial charge in [-0.15, -0.1) is 0 Å². The van der Waals surface area contributed by atoms with Crippen molar-refractivity contribution in [3.63, 3.8) is 0 Å². The van der Waals surface area contributed by atoms with Crippen molar-refractivity contribution in [2.45, 2.75) is 25.3 Å². The monoisotopic (exact) mass is 305 g/mol. The maximum Gasteiger partial charge on any atom is 0.237 e. The minimum atomic E-state index is -3.46. The molecule has 1 aromatic carbocycles. The Morgan fingerprint density at radius 2 is 2.00 bits per heavy atom. The molecule has 4 nitrogen and oxygen atoms in total. The molecule has 0 aliphatic heterocycles. The third-order valence-corrected chi connectivity index (χ3v) is 5.70. The van der Waals surface area contributed by atoms with Gasteiger partial charge in [-0.3, -0.25) is 0 Å². The predicted molar refractivity (Wildman–Crippen MR) is 82.9 cm³/mol. The molecule has 0 saturated carbocycles. The van der Waals surface area contributed by atoms with Crippen LogP contribution in [0.3, 0.4) is 0 Å². The molecule has 0 bridgehead atoms. The van der Waals surface area contributed by atoms with Crippen molar-refractivity contribution in [2.24, 2.45) is 5.92 Å². The second-order valence-electron chi connectivity index (χ2n) is 5.60. The Hall–Kier alpha value is -1.43. The van der Waals surface area contributed by atoms with Gasteiger partial charge in [-0.2, -0.15) is 0 Å². The molecule has 0 heterocycles. The van der Waals surface area contributed by atoms with Crippen LogP contribution in [0.25, 0.3) is 6.08 Å². The first-order chi connectivity index (χ1) is 10.1. The fourth-order valence-corrected chi connectivity index (χ4v) is 4.27. The fraction of sp³-hybridized carbons (Fsp3) is 0.375. The van der Waals surface area contributed by atoms with Crippen LogP contribution in [-0.2, 0) is 16.4 Å². The highest BCUT2D eigenvalue weighted by Crippen LogP contribution is 2.27. The van der Waals surface area contributed by atoms with Crippen LogP contribution in [-0.4, -0.2) is 26.2 Å². The van der Waals surface area contributed by atoms with Crippen LogP contribution in [0.4, 0.5) is 0 Å². The van der Waals surface area contributed by atoms with E-state index in [0.29, 0.717) is 17.7 Å². The Kier molecular flexibility index (Phi) is 3.97. The van der Waals surface area contributed by atoms with E-state index in [-0.39, 0.29) is 18.6 Å². The molecule has 0 fully saturated rings. The van der Waals surface area contributed by atoms with Crippen molar-refractivity contribution < 1.29 is 13.5 Å². The average Bonchev–Trinajstić information content (AvgIpc) is 2.93. The van der Waals surface area contributed by atoms with E-state index in [2.05, 4.69) is 4.72 Å². The van der Waals surface area contributed by atoms with Crippen molar-refractivity contribution in [2.75, 3.05) is 6.61 Å². The Balaban J connectivity index is 1.78. The summed E-state index contributed by atoms with van der Waals surface area (Å²) in [7, 11) is -3.46. The second kappa shape index (κ2) is 5.75. The maximum absolute atomic E-state index is 12.5. The van der Waals surface area contributed by atoms with E-state index in [0.717, 1.165) is 12.0 Å². The molecule has 0 unspecified atom stereocenters. The smallest absolute Gasteiger partial charge is 0.237 e. The van der Waals surface area contributed by atoms with Gasteiger partial charge in [0.05, 0.1) is 4.91 Å². The van der Waals surface area contributed by atoms with Crippen LogP contribution in [0.1, 0.15) is 24.0 Å². The first kappa shape index (κ1) is 14.5. The maximum atomic E-state index is 12.5. The molecule has 112 valence electrons. The molecule has 0 aromatic heterocycles. The molecular formula is C16H19NO3S. The lowest BCUT2D eigenvalue weighted by molar-refractivity contribution is 0.248. The quantitative estimate of drug-likeness (QED) is 0.834. The van der Waals surface area contributed by atoms with Gasteiger partial charge in [0.25, 0.3) is 0 Å². The minimum Gasteiger partial charge on any atom is -0.396 e. The van der Waals surface area contributed by atoms with Crippen LogP contribution in [0.15, 0.2) is 41.3 Å². The second-order valence-corrected chi connectivity index (χ2v) is 7.37. The van der Waals surface area contributed by atoms with E-state index < -0.39 is 10.0 Å². The highest BCUT2D eigenvalue weighted by molar-refractivity contribution is 7.93. The van der Waals surface area contributed by atoms with Crippen LogP contribution in [0.5, 0.6) is 0 Å². The van der Waals surface area contributed by atoms with Gasteiger partial charge in [0, 0.05) is 18.6 Å². The lowest BCUT2D eigenvalue weighted by atomic mass is 9.98. The number of hydrogen-bond acceptors (Lipinski definition) is 3. The van der Waals surface area contributed by atoms with E-state index in [1.54, 1.807) is 6.08 Å². The van der Waals surface area contributed by atoms with Gasteiger partial charge >= 0.3 is 0 Å². The van der Waals surface area contributed by atoms with Crippen molar-refractivity contribution in [3.8, 4) is 0 Å². The van der Waals surface area contributed by atoms with E-state index in [1.807, 2.05) is 36.4 Å². The zero-order chi connectivity index (χ0) is 14.9. The van der Waals surface area contributed by atoms with Gasteiger partial charge in [0.2, 0.25) is 10.0 Å². The Morgan fingerprint density at radius 1 is 1.19 bits per heavy atom. The molecular weight excluding hydrogens is 286 g/mol. The van der Waals surface area contributed by atoms with Crippen molar-refractivity contribution in [3.05, 3.63) is 52.4 Å². The molecule has 21 heavy (non-hydrogen) atoms. The molecule has 0 radical (unpaired) electrons. The summed E-state index contributed by atoms with van der Waals surface area (Å²) in [4.78, 5) is 0.446. The zero-order valence-electron chi connectivity index (χ0n) is 11.7. The summed E-state index contributed by atoms with van der Waals surface area (Å²) in [5, 5.41) is 9.10. The van der Waals surface area contributed by atoms with E-state index in [1.165, 1.54) is 5.56 Å². The average molecular weight is 305 g/mol. The molecule has 0 amide bonds. The molecule has 3 rings (SSSR count). The number of fused-ring (bicyclic) bond motifs is 1. The number of aryl methyl sites for hydroxylation is 1. The van der Waals surface area contributed by atoms with E-state index >= 15 is 0 Å². The summed E-state index contributed by atoms with van der Waals surface area (Å²) < 4.78 is 27.7. The highest BCUT2D eigenvalue weighted by atomic mass is 32.2. The van der Waals surface area contributed by atoms with Gasteiger partial charge < -0.3 is 5.11 Å². The SMILES string of the molecule is O=S(=O)(N[C@@H]1C=C[C@H](CO)C1)C1=Cc2ccccc2CC1. The zero-order valence-corrected chi connectivity index (χ0v) is 12.5. The van der Waals surface area contributed by atoms with Gasteiger partial charge in [-0.1, -0.05) is 36.4 Å². The summed E-state index contributed by atoms with van der Waals surface area (Å²) in [6, 6.07) is 7.66. The number of aliphatic hydroxyl groups excluding tert-OH is 1. The Bertz CT molecular complexity index is 691. The van der Waals surface area contributed by atoms with Crippen molar-refractivity contribution in [1.29, 1.82) is 0 Å². The normalized spacial score (nSPS) is 24.7. The Morgan fingerprint density at radius 3 is 2.76 bits per heavy atom. The molecule has 2 atom stereocenters. The summed E-state index contributed by atoms with van der Waals surface area (Å²) >= 11 is 0. The molecule has 0 spiro atoms. The molecule has 1 aromatic rings. The molecule has 2 aliphatic carbocycles. The molecule has 2 N–H and O–H groups in total. The lowest BCUT2D eigenvalue weighted by Crippen LogP contribution is -2.34. The van der Waals surface area contributed by atoms with Crippen LogP contribution >= 0.6 is 0 Å². The van der Waals surface area contributed by atoms with Crippen molar-refractivity contribution in [1.82, 2.24) is 4.72 Å². The number of benzene rings is 1. The standard InChI is InChI=1S/C16H19NO3S/c18-11-12-5-7-15(9-12)17-21(19,20)16-8-6-13-3-1-2-4-14(13)10-16/h1-5,7,10,12,15,17-18H,6,8-9,11H2/t12-,15+/m0/s1. The third-order valence-electron chi connectivity index (χ3n) is 4.07. The minimum absolute atomic E-state index is 0.0544. The van der Waals surface area contributed by atoms with Crippen LogP contribution < -0.4 is 4.72 Å². The first-order valence-electron chi connectivity index (χ1n) is 7.18. The number of allylic oxidation sites excluding steroid dienone is 1. The van der Waals surface area contributed by atoms with Gasteiger partial charge in [-0.25, -0.2) is 13.1 Å². The molecule has 0 saturated heterocycles. The number of rotatable bonds is 4. The number of aliphatic hydroxyl groups is 1. The van der Waals surface area contributed by atoms with Gasteiger partial charge in [0.15, 0.2) is 0 Å². The summed E-state index contributed by atoms with van der Waals surface area (Å²) in [6.07, 6.45) is 7.38. The number of sulfonamides is 1. The first-order valence-corrected chi connectivity index (χ1v) is 8.67. The Labute approximate surface area is 125 Å². The third kappa shape index (κ3) is 3.10. The topological polar surface area (TPSA) is 66.4 Å². The van der Waals surface area contributed by atoms with Crippen LogP contribution in [0.2, 0.25) is 0 Å². The largest absolute Gasteiger partial charge is 0.396 e. The molecule has 2 aliphatic rings. The summed E-state index contributed by atoms with van der Waals surface area (Å²) in [5.41, 5.74) is 2.18. The van der Waals surface area contributed by atoms with Crippen molar-refractivity contribution >= 4 is 16.1 Å². The van der Waals surface area contributed by atoms with Gasteiger partial charge in [-0.05, 0) is 36.5 Å². The number of hydrogen-bond donors (Lipinski definition) is 2. The van der Waals surface area contributed by atoms with E-state index in [4.69, 9.17) is 5.11 Å². The number of nitrogens with one attached hydrogen (secondary N) is 1. The lowest BCUT2D eigenvalue weighted by Gasteiger charge is -2.19.